The van der Waals surface area contributed by atoms with Gasteiger partial charge in [0.05, 0.1) is 0 Å². The summed E-state index contributed by atoms with van der Waals surface area (Å²) in [7, 11) is 0. The van der Waals surface area contributed by atoms with Crippen molar-refractivity contribution >= 4 is 15.9 Å². The summed E-state index contributed by atoms with van der Waals surface area (Å²) in [4.78, 5) is 0. The van der Waals surface area contributed by atoms with Crippen molar-refractivity contribution in [3.8, 4) is 11.4 Å². The topological polar surface area (TPSA) is 30.7 Å². The molecule has 2 rings (SSSR count). The molecule has 0 radical (unpaired) electrons. The Bertz CT molecular complexity index is 476. The van der Waals surface area contributed by atoms with E-state index in [0.717, 1.165) is 22.4 Å². The minimum atomic E-state index is 0.887. The van der Waals surface area contributed by atoms with E-state index in [0.29, 0.717) is 0 Å². The second-order valence-corrected chi connectivity index (χ2v) is 4.32. The van der Waals surface area contributed by atoms with Crippen molar-refractivity contribution in [1.29, 1.82) is 0 Å². The summed E-state index contributed by atoms with van der Waals surface area (Å²) >= 11 is 3.45. The second kappa shape index (κ2) is 4.14. The Morgan fingerprint density at radius 2 is 2.20 bits per heavy atom. The fourth-order valence-corrected chi connectivity index (χ4v) is 2.05. The maximum atomic E-state index is 4.15. The van der Waals surface area contributed by atoms with Crippen molar-refractivity contribution in [1.82, 2.24) is 14.8 Å². The van der Waals surface area contributed by atoms with Gasteiger partial charge in [-0.15, -0.1) is 10.2 Å². The predicted molar refractivity (Wildman–Crippen MR) is 63.6 cm³/mol. The van der Waals surface area contributed by atoms with Crippen molar-refractivity contribution in [3.05, 3.63) is 34.6 Å². The molecule has 0 fully saturated rings. The van der Waals surface area contributed by atoms with Crippen molar-refractivity contribution in [2.75, 3.05) is 0 Å². The lowest BCUT2D eigenvalue weighted by molar-refractivity contribution is 0.766. The quantitative estimate of drug-likeness (QED) is 0.836. The zero-order chi connectivity index (χ0) is 10.8. The smallest absolute Gasteiger partial charge is 0.163 e. The molecule has 0 N–H and O–H groups in total. The number of hydrogen-bond acceptors (Lipinski definition) is 2. The van der Waals surface area contributed by atoms with Crippen molar-refractivity contribution in [3.63, 3.8) is 0 Å². The standard InChI is InChI=1S/C11H12BrN3/c1-3-15-7-13-14-11(15)10-5-4-9(12)6-8(10)2/h4-7H,3H2,1-2H3. The second-order valence-electron chi connectivity index (χ2n) is 3.40. The van der Waals surface area contributed by atoms with Crippen LogP contribution in [0.4, 0.5) is 0 Å². The van der Waals surface area contributed by atoms with Gasteiger partial charge in [0.1, 0.15) is 6.33 Å². The molecule has 0 atom stereocenters. The fraction of sp³-hybridized carbons (Fsp3) is 0.273. The molecule has 0 spiro atoms. The molecule has 0 unspecified atom stereocenters. The van der Waals surface area contributed by atoms with Gasteiger partial charge in [0.25, 0.3) is 0 Å². The van der Waals surface area contributed by atoms with Gasteiger partial charge in [-0.3, -0.25) is 0 Å². The summed E-state index contributed by atoms with van der Waals surface area (Å²) in [6, 6.07) is 6.18. The molecule has 1 aromatic heterocycles. The highest BCUT2D eigenvalue weighted by molar-refractivity contribution is 9.10. The molecule has 1 aromatic carbocycles. The van der Waals surface area contributed by atoms with E-state index in [2.05, 4.69) is 52.1 Å². The summed E-state index contributed by atoms with van der Waals surface area (Å²) in [5.41, 5.74) is 2.34. The number of rotatable bonds is 2. The Labute approximate surface area is 97.3 Å². The van der Waals surface area contributed by atoms with E-state index in [1.54, 1.807) is 6.33 Å². The molecule has 78 valence electrons. The van der Waals surface area contributed by atoms with Gasteiger partial charge in [0.2, 0.25) is 0 Å². The molecular formula is C11H12BrN3. The molecule has 0 aliphatic carbocycles. The van der Waals surface area contributed by atoms with Gasteiger partial charge in [0.15, 0.2) is 5.82 Å². The van der Waals surface area contributed by atoms with E-state index in [1.807, 2.05) is 10.6 Å². The molecule has 2 aromatic rings. The maximum Gasteiger partial charge on any atom is 0.163 e. The monoisotopic (exact) mass is 265 g/mol. The van der Waals surface area contributed by atoms with E-state index >= 15 is 0 Å². The highest BCUT2D eigenvalue weighted by Gasteiger charge is 2.08. The SMILES string of the molecule is CCn1cnnc1-c1ccc(Br)cc1C. The normalized spacial score (nSPS) is 10.6. The lowest BCUT2D eigenvalue weighted by atomic mass is 10.1. The third-order valence-corrected chi connectivity index (χ3v) is 2.88. The number of halogens is 1. The first-order chi connectivity index (χ1) is 7.22. The van der Waals surface area contributed by atoms with Gasteiger partial charge in [-0.25, -0.2) is 0 Å². The molecule has 1 heterocycles. The molecule has 15 heavy (non-hydrogen) atoms. The van der Waals surface area contributed by atoms with E-state index in [9.17, 15) is 0 Å². The zero-order valence-corrected chi connectivity index (χ0v) is 10.3. The Kier molecular flexibility index (Phi) is 2.86. The van der Waals surface area contributed by atoms with Crippen LogP contribution in [-0.4, -0.2) is 14.8 Å². The van der Waals surface area contributed by atoms with Crippen LogP contribution in [0.25, 0.3) is 11.4 Å². The number of nitrogens with zero attached hydrogens (tertiary/aromatic N) is 3. The molecule has 0 saturated heterocycles. The van der Waals surface area contributed by atoms with Crippen LogP contribution in [0.1, 0.15) is 12.5 Å². The minimum Gasteiger partial charge on any atom is -0.314 e. The van der Waals surface area contributed by atoms with Gasteiger partial charge in [-0.1, -0.05) is 15.9 Å². The van der Waals surface area contributed by atoms with Gasteiger partial charge >= 0.3 is 0 Å². The molecule has 0 saturated carbocycles. The average molecular weight is 266 g/mol. The van der Waals surface area contributed by atoms with Gasteiger partial charge in [0, 0.05) is 16.6 Å². The first kappa shape index (κ1) is 10.4. The number of hydrogen-bond donors (Lipinski definition) is 0. The van der Waals surface area contributed by atoms with Crippen molar-refractivity contribution in [2.24, 2.45) is 0 Å². The number of aryl methyl sites for hydroxylation is 2. The third kappa shape index (κ3) is 1.95. The average Bonchev–Trinajstić information content (AvgIpc) is 2.65. The zero-order valence-electron chi connectivity index (χ0n) is 8.74. The highest BCUT2D eigenvalue weighted by Crippen LogP contribution is 2.24. The van der Waals surface area contributed by atoms with Crippen molar-refractivity contribution < 1.29 is 0 Å². The molecule has 3 nitrogen and oxygen atoms in total. The van der Waals surface area contributed by atoms with Gasteiger partial charge in [-0.2, -0.15) is 0 Å². The van der Waals surface area contributed by atoms with Gasteiger partial charge < -0.3 is 4.57 Å². The Morgan fingerprint density at radius 3 is 2.87 bits per heavy atom. The molecule has 0 aliphatic heterocycles. The van der Waals surface area contributed by atoms with Crippen LogP contribution >= 0.6 is 15.9 Å². The fourth-order valence-electron chi connectivity index (χ4n) is 1.57. The number of aromatic nitrogens is 3. The molecule has 4 heteroatoms. The van der Waals surface area contributed by atoms with Crippen LogP contribution in [0.5, 0.6) is 0 Å². The Morgan fingerprint density at radius 1 is 1.40 bits per heavy atom. The predicted octanol–water partition coefficient (Wildman–Crippen LogP) is 3.04. The first-order valence-electron chi connectivity index (χ1n) is 4.86. The highest BCUT2D eigenvalue weighted by atomic mass is 79.9. The van der Waals surface area contributed by atoms with Crippen LogP contribution < -0.4 is 0 Å². The van der Waals surface area contributed by atoms with Crippen LogP contribution in [-0.2, 0) is 6.54 Å². The Hall–Kier alpha value is -1.16. The number of benzene rings is 1. The third-order valence-electron chi connectivity index (χ3n) is 2.39. The van der Waals surface area contributed by atoms with Crippen LogP contribution in [0, 0.1) is 6.92 Å². The van der Waals surface area contributed by atoms with Gasteiger partial charge in [-0.05, 0) is 37.6 Å². The van der Waals surface area contributed by atoms with Crippen LogP contribution in [0.15, 0.2) is 29.0 Å². The van der Waals surface area contributed by atoms with E-state index in [4.69, 9.17) is 0 Å². The molecular weight excluding hydrogens is 254 g/mol. The summed E-state index contributed by atoms with van der Waals surface area (Å²) < 4.78 is 3.13. The molecule has 0 amide bonds. The van der Waals surface area contributed by atoms with Crippen LogP contribution in [0.3, 0.4) is 0 Å². The summed E-state index contributed by atoms with van der Waals surface area (Å²) in [5, 5.41) is 8.08. The molecule has 0 bridgehead atoms. The summed E-state index contributed by atoms with van der Waals surface area (Å²) in [6.07, 6.45) is 1.76. The lowest BCUT2D eigenvalue weighted by Crippen LogP contribution is -1.97. The van der Waals surface area contributed by atoms with Crippen molar-refractivity contribution in [2.45, 2.75) is 20.4 Å². The minimum absolute atomic E-state index is 0.887. The Balaban J connectivity index is 2.54. The van der Waals surface area contributed by atoms with Crippen LogP contribution in [0.2, 0.25) is 0 Å². The summed E-state index contributed by atoms with van der Waals surface area (Å²) in [5.74, 6) is 0.933. The largest absolute Gasteiger partial charge is 0.314 e. The van der Waals surface area contributed by atoms with E-state index in [1.165, 1.54) is 5.56 Å². The van der Waals surface area contributed by atoms with E-state index < -0.39 is 0 Å². The lowest BCUT2D eigenvalue weighted by Gasteiger charge is -2.06. The van der Waals surface area contributed by atoms with E-state index in [-0.39, 0.29) is 0 Å². The maximum absolute atomic E-state index is 4.15. The molecule has 0 aliphatic rings. The summed E-state index contributed by atoms with van der Waals surface area (Å²) in [6.45, 7) is 5.05. The first-order valence-corrected chi connectivity index (χ1v) is 5.66.